The highest BCUT2D eigenvalue weighted by atomic mass is 32.2. The number of aromatic nitrogens is 3. The highest BCUT2D eigenvalue weighted by Crippen LogP contribution is 2.18. The fourth-order valence-corrected chi connectivity index (χ4v) is 1.35. The minimum atomic E-state index is 0.223. The molecule has 0 unspecified atom stereocenters. The van der Waals surface area contributed by atoms with E-state index in [1.807, 2.05) is 6.26 Å². The van der Waals surface area contributed by atoms with Gasteiger partial charge in [0.1, 0.15) is 6.26 Å². The van der Waals surface area contributed by atoms with E-state index in [0.717, 1.165) is 5.56 Å². The lowest BCUT2D eigenvalue weighted by molar-refractivity contribution is 0.568. The molecule has 0 radical (unpaired) electrons. The van der Waals surface area contributed by atoms with Gasteiger partial charge in [0, 0.05) is 0 Å². The molecule has 0 aromatic carbocycles. The number of nitrogen functional groups attached to an aromatic ring is 1. The number of thioether (sulfide) groups is 1. The maximum atomic E-state index is 5.53. The van der Waals surface area contributed by atoms with E-state index in [0.29, 0.717) is 11.0 Å². The summed E-state index contributed by atoms with van der Waals surface area (Å²) in [7, 11) is 0. The Kier molecular flexibility index (Phi) is 2.36. The van der Waals surface area contributed by atoms with Crippen molar-refractivity contribution >= 4 is 17.7 Å². The second-order valence-electron chi connectivity index (χ2n) is 2.52. The van der Waals surface area contributed by atoms with Crippen LogP contribution in [-0.4, -0.2) is 21.2 Å². The number of nitrogens with zero attached hydrogens (tertiary/aromatic N) is 3. The zero-order valence-electron chi connectivity index (χ0n) is 7.47. The van der Waals surface area contributed by atoms with Gasteiger partial charge in [0.2, 0.25) is 5.95 Å². The maximum Gasteiger partial charge on any atom is 0.224 e. The van der Waals surface area contributed by atoms with Crippen molar-refractivity contribution in [3.63, 3.8) is 0 Å². The lowest BCUT2D eigenvalue weighted by atomic mass is 10.3. The predicted octanol–water partition coefficient (Wildman–Crippen LogP) is 1.44. The van der Waals surface area contributed by atoms with Crippen LogP contribution in [0.3, 0.4) is 0 Å². The van der Waals surface area contributed by atoms with Crippen molar-refractivity contribution in [1.29, 1.82) is 0 Å². The summed E-state index contributed by atoms with van der Waals surface area (Å²) in [6.07, 6.45) is 5.01. The van der Waals surface area contributed by atoms with Crippen LogP contribution in [0.4, 0.5) is 5.95 Å². The van der Waals surface area contributed by atoms with Crippen molar-refractivity contribution in [2.75, 3.05) is 12.0 Å². The number of rotatable bonds is 2. The fourth-order valence-electron chi connectivity index (χ4n) is 0.984. The van der Waals surface area contributed by atoms with E-state index < -0.39 is 0 Å². The molecule has 0 spiro atoms. The van der Waals surface area contributed by atoms with E-state index in [-0.39, 0.29) is 5.95 Å². The summed E-state index contributed by atoms with van der Waals surface area (Å²) < 4.78 is 4.93. The Morgan fingerprint density at radius 2 is 2.21 bits per heavy atom. The predicted molar refractivity (Wildman–Crippen MR) is 53.7 cm³/mol. The van der Waals surface area contributed by atoms with Crippen LogP contribution in [0.5, 0.6) is 0 Å². The molecule has 72 valence electrons. The Hall–Kier alpha value is -1.56. The van der Waals surface area contributed by atoms with Crippen molar-refractivity contribution in [1.82, 2.24) is 15.0 Å². The van der Waals surface area contributed by atoms with E-state index >= 15 is 0 Å². The molecule has 0 amide bonds. The summed E-state index contributed by atoms with van der Waals surface area (Å²) in [4.78, 5) is 12.2. The molecule has 0 saturated carbocycles. The average molecular weight is 208 g/mol. The molecule has 0 bridgehead atoms. The van der Waals surface area contributed by atoms with Crippen LogP contribution < -0.4 is 5.73 Å². The third kappa shape index (κ3) is 1.69. The molecule has 5 nitrogen and oxygen atoms in total. The van der Waals surface area contributed by atoms with Crippen LogP contribution in [0, 0.1) is 0 Å². The lowest BCUT2D eigenvalue weighted by Crippen LogP contribution is -2.00. The van der Waals surface area contributed by atoms with E-state index in [1.165, 1.54) is 11.8 Å². The summed E-state index contributed by atoms with van der Waals surface area (Å²) >= 11 is 1.42. The van der Waals surface area contributed by atoms with Gasteiger partial charge in [-0.1, -0.05) is 11.8 Å². The van der Waals surface area contributed by atoms with Crippen molar-refractivity contribution in [2.24, 2.45) is 0 Å². The van der Waals surface area contributed by atoms with E-state index in [9.17, 15) is 0 Å². The third-order valence-corrected chi connectivity index (χ3v) is 2.14. The molecular formula is C8H8N4OS. The normalized spacial score (nSPS) is 10.4. The van der Waals surface area contributed by atoms with Gasteiger partial charge in [-0.25, -0.2) is 4.98 Å². The van der Waals surface area contributed by atoms with Crippen LogP contribution in [0.2, 0.25) is 0 Å². The van der Waals surface area contributed by atoms with Crippen LogP contribution in [0.15, 0.2) is 28.2 Å². The first-order valence-corrected chi connectivity index (χ1v) is 5.10. The van der Waals surface area contributed by atoms with Gasteiger partial charge in [0.05, 0.1) is 11.8 Å². The van der Waals surface area contributed by atoms with Crippen molar-refractivity contribution < 1.29 is 4.42 Å². The number of hydrogen-bond acceptors (Lipinski definition) is 6. The summed E-state index contributed by atoms with van der Waals surface area (Å²) in [5, 5.41) is 0.605. The zero-order valence-corrected chi connectivity index (χ0v) is 8.28. The van der Waals surface area contributed by atoms with Crippen LogP contribution >= 0.6 is 11.8 Å². The van der Waals surface area contributed by atoms with E-state index in [1.54, 1.807) is 18.6 Å². The van der Waals surface area contributed by atoms with Gasteiger partial charge in [0.15, 0.2) is 11.0 Å². The standard InChI is InChI=1S/C8H8N4OS/c1-14-8-11-6(10-7(9)12-8)5-2-3-13-4-5/h2-4H,1H3,(H2,9,10,11,12). The molecule has 2 aromatic heterocycles. The molecule has 2 rings (SSSR count). The highest BCUT2D eigenvalue weighted by Gasteiger charge is 2.06. The van der Waals surface area contributed by atoms with Crippen LogP contribution in [-0.2, 0) is 0 Å². The average Bonchev–Trinajstić information content (AvgIpc) is 2.69. The Balaban J connectivity index is 2.48. The number of anilines is 1. The topological polar surface area (TPSA) is 77.8 Å². The second kappa shape index (κ2) is 3.67. The maximum absolute atomic E-state index is 5.53. The minimum absolute atomic E-state index is 0.223. The zero-order chi connectivity index (χ0) is 9.97. The van der Waals surface area contributed by atoms with Crippen molar-refractivity contribution in [2.45, 2.75) is 5.16 Å². The van der Waals surface area contributed by atoms with Gasteiger partial charge >= 0.3 is 0 Å². The molecule has 0 aliphatic rings. The molecule has 2 N–H and O–H groups in total. The molecule has 14 heavy (non-hydrogen) atoms. The fraction of sp³-hybridized carbons (Fsp3) is 0.125. The smallest absolute Gasteiger partial charge is 0.224 e. The number of furan rings is 1. The molecule has 0 aliphatic heterocycles. The Morgan fingerprint density at radius 1 is 1.36 bits per heavy atom. The summed E-state index contributed by atoms with van der Waals surface area (Å²) in [6.45, 7) is 0. The largest absolute Gasteiger partial charge is 0.472 e. The number of nitrogens with two attached hydrogens (primary N) is 1. The Labute approximate surface area is 84.8 Å². The lowest BCUT2D eigenvalue weighted by Gasteiger charge is -1.99. The monoisotopic (exact) mass is 208 g/mol. The minimum Gasteiger partial charge on any atom is -0.472 e. The molecule has 0 fully saturated rings. The molecule has 2 heterocycles. The first kappa shape index (κ1) is 9.01. The number of hydrogen-bond donors (Lipinski definition) is 1. The highest BCUT2D eigenvalue weighted by molar-refractivity contribution is 7.98. The van der Waals surface area contributed by atoms with Gasteiger partial charge < -0.3 is 10.2 Å². The van der Waals surface area contributed by atoms with Gasteiger partial charge in [0.25, 0.3) is 0 Å². The van der Waals surface area contributed by atoms with Gasteiger partial charge in [-0.05, 0) is 12.3 Å². The van der Waals surface area contributed by atoms with Crippen LogP contribution in [0.1, 0.15) is 0 Å². The third-order valence-electron chi connectivity index (χ3n) is 1.59. The summed E-state index contributed by atoms with van der Waals surface area (Å²) in [5.74, 6) is 0.760. The second-order valence-corrected chi connectivity index (χ2v) is 3.29. The molecular weight excluding hydrogens is 200 g/mol. The first-order valence-electron chi connectivity index (χ1n) is 3.87. The molecule has 0 saturated heterocycles. The SMILES string of the molecule is CSc1nc(N)nc(-c2ccoc2)n1. The van der Waals surface area contributed by atoms with Gasteiger partial charge in [-0.15, -0.1) is 0 Å². The summed E-state index contributed by atoms with van der Waals surface area (Å²) in [6, 6.07) is 1.78. The van der Waals surface area contributed by atoms with Crippen molar-refractivity contribution in [3.8, 4) is 11.4 Å². The molecule has 0 aliphatic carbocycles. The Bertz CT molecular complexity index is 429. The van der Waals surface area contributed by atoms with Crippen LogP contribution in [0.25, 0.3) is 11.4 Å². The van der Waals surface area contributed by atoms with Gasteiger partial charge in [-0.3, -0.25) is 0 Å². The summed E-state index contributed by atoms with van der Waals surface area (Å²) in [5.41, 5.74) is 6.34. The van der Waals surface area contributed by atoms with E-state index in [2.05, 4.69) is 15.0 Å². The van der Waals surface area contributed by atoms with Crippen molar-refractivity contribution in [3.05, 3.63) is 18.6 Å². The van der Waals surface area contributed by atoms with E-state index in [4.69, 9.17) is 10.2 Å². The first-order chi connectivity index (χ1) is 6.79. The van der Waals surface area contributed by atoms with Gasteiger partial charge in [-0.2, -0.15) is 9.97 Å². The Morgan fingerprint density at radius 3 is 2.86 bits per heavy atom. The molecule has 2 aromatic rings. The molecule has 0 atom stereocenters. The molecule has 6 heteroatoms. The quantitative estimate of drug-likeness (QED) is 0.752.